The number of carbonyl (C=O) groups is 1. The van der Waals surface area contributed by atoms with Gasteiger partial charge in [-0.3, -0.25) is 4.79 Å². The molecule has 1 aliphatic heterocycles. The van der Waals surface area contributed by atoms with Crippen LogP contribution in [-0.4, -0.2) is 28.9 Å². The van der Waals surface area contributed by atoms with E-state index in [-0.39, 0.29) is 11.7 Å². The van der Waals surface area contributed by atoms with Crippen molar-refractivity contribution in [3.05, 3.63) is 88.9 Å². The van der Waals surface area contributed by atoms with Crippen LogP contribution in [0.4, 0.5) is 4.39 Å². The standard InChI is InChI=1S/C22H19FN2O2/c23-18-9-7-17(8-10-18)22(26)25-14-12-19-20(13-15-25)27-21(24-19)11-6-16-4-2-1-3-5-16/h1-11H,12-15H2/b11-6+. The summed E-state index contributed by atoms with van der Waals surface area (Å²) in [6, 6.07) is 15.6. The number of amides is 1. The maximum absolute atomic E-state index is 13.1. The van der Waals surface area contributed by atoms with Gasteiger partial charge in [-0.25, -0.2) is 9.37 Å². The van der Waals surface area contributed by atoms with Crippen molar-refractivity contribution in [2.75, 3.05) is 13.1 Å². The van der Waals surface area contributed by atoms with E-state index in [1.165, 1.54) is 24.3 Å². The first-order valence-corrected chi connectivity index (χ1v) is 8.95. The average molecular weight is 362 g/mol. The molecule has 5 heteroatoms. The van der Waals surface area contributed by atoms with Crippen molar-refractivity contribution in [1.29, 1.82) is 0 Å². The summed E-state index contributed by atoms with van der Waals surface area (Å²) in [4.78, 5) is 18.9. The van der Waals surface area contributed by atoms with Gasteiger partial charge in [0.2, 0.25) is 5.89 Å². The number of aromatic nitrogens is 1. The molecular weight excluding hydrogens is 343 g/mol. The molecule has 0 saturated carbocycles. The number of hydrogen-bond donors (Lipinski definition) is 0. The number of halogens is 1. The zero-order valence-corrected chi connectivity index (χ0v) is 14.8. The van der Waals surface area contributed by atoms with Crippen molar-refractivity contribution in [2.24, 2.45) is 0 Å². The van der Waals surface area contributed by atoms with Crippen LogP contribution in [0.15, 0.2) is 59.0 Å². The molecule has 0 saturated heterocycles. The van der Waals surface area contributed by atoms with Gasteiger partial charge >= 0.3 is 0 Å². The van der Waals surface area contributed by atoms with Crippen molar-refractivity contribution in [2.45, 2.75) is 12.8 Å². The Morgan fingerprint density at radius 3 is 2.52 bits per heavy atom. The molecule has 0 radical (unpaired) electrons. The molecule has 4 rings (SSSR count). The van der Waals surface area contributed by atoms with Crippen LogP contribution in [0.2, 0.25) is 0 Å². The summed E-state index contributed by atoms with van der Waals surface area (Å²) in [7, 11) is 0. The normalized spacial score (nSPS) is 14.2. The van der Waals surface area contributed by atoms with Crippen LogP contribution in [-0.2, 0) is 12.8 Å². The van der Waals surface area contributed by atoms with E-state index in [0.29, 0.717) is 37.4 Å². The van der Waals surface area contributed by atoms with E-state index < -0.39 is 0 Å². The molecule has 2 heterocycles. The monoisotopic (exact) mass is 362 g/mol. The SMILES string of the molecule is O=C(c1ccc(F)cc1)N1CCc2nc(/C=C/c3ccccc3)oc2CC1. The van der Waals surface area contributed by atoms with Crippen LogP contribution < -0.4 is 0 Å². The van der Waals surface area contributed by atoms with Gasteiger partial charge in [-0.05, 0) is 35.9 Å². The summed E-state index contributed by atoms with van der Waals surface area (Å²) in [5.41, 5.74) is 2.48. The Morgan fingerprint density at radius 2 is 1.74 bits per heavy atom. The Morgan fingerprint density at radius 1 is 1.00 bits per heavy atom. The molecular formula is C22H19FN2O2. The van der Waals surface area contributed by atoms with Crippen molar-refractivity contribution >= 4 is 18.1 Å². The van der Waals surface area contributed by atoms with Gasteiger partial charge in [0.1, 0.15) is 11.6 Å². The zero-order chi connectivity index (χ0) is 18.6. The number of benzene rings is 2. The molecule has 0 spiro atoms. The lowest BCUT2D eigenvalue weighted by atomic mass is 10.2. The van der Waals surface area contributed by atoms with Crippen LogP contribution in [0.25, 0.3) is 12.2 Å². The summed E-state index contributed by atoms with van der Waals surface area (Å²) in [5, 5.41) is 0. The lowest BCUT2D eigenvalue weighted by Gasteiger charge is -2.20. The molecule has 136 valence electrons. The minimum absolute atomic E-state index is 0.0932. The van der Waals surface area contributed by atoms with E-state index in [4.69, 9.17) is 4.42 Å². The van der Waals surface area contributed by atoms with Crippen molar-refractivity contribution in [3.63, 3.8) is 0 Å². The highest BCUT2D eigenvalue weighted by atomic mass is 19.1. The maximum Gasteiger partial charge on any atom is 0.253 e. The quantitative estimate of drug-likeness (QED) is 0.701. The van der Waals surface area contributed by atoms with E-state index in [9.17, 15) is 9.18 Å². The fraction of sp³-hybridized carbons (Fsp3) is 0.182. The second-order valence-corrected chi connectivity index (χ2v) is 6.47. The summed E-state index contributed by atoms with van der Waals surface area (Å²) < 4.78 is 18.9. The maximum atomic E-state index is 13.1. The highest BCUT2D eigenvalue weighted by molar-refractivity contribution is 5.94. The average Bonchev–Trinajstić information content (AvgIpc) is 2.99. The summed E-state index contributed by atoms with van der Waals surface area (Å²) in [6.45, 7) is 1.12. The van der Waals surface area contributed by atoms with E-state index >= 15 is 0 Å². The molecule has 0 bridgehead atoms. The van der Waals surface area contributed by atoms with Crippen molar-refractivity contribution in [3.8, 4) is 0 Å². The van der Waals surface area contributed by atoms with Crippen molar-refractivity contribution in [1.82, 2.24) is 9.88 Å². The highest BCUT2D eigenvalue weighted by Crippen LogP contribution is 2.20. The minimum Gasteiger partial charge on any atom is -0.441 e. The van der Waals surface area contributed by atoms with Gasteiger partial charge in [0.05, 0.1) is 5.69 Å². The lowest BCUT2D eigenvalue weighted by molar-refractivity contribution is 0.0761. The molecule has 0 fully saturated rings. The van der Waals surface area contributed by atoms with Gasteiger partial charge in [-0.15, -0.1) is 0 Å². The first kappa shape index (κ1) is 17.2. The number of nitrogens with zero attached hydrogens (tertiary/aromatic N) is 2. The number of rotatable bonds is 3. The van der Waals surface area contributed by atoms with Gasteiger partial charge in [0, 0.05) is 37.6 Å². The summed E-state index contributed by atoms with van der Waals surface area (Å²) >= 11 is 0. The fourth-order valence-electron chi connectivity index (χ4n) is 3.16. The predicted molar refractivity (Wildman–Crippen MR) is 102 cm³/mol. The molecule has 0 aliphatic carbocycles. The number of carbonyl (C=O) groups excluding carboxylic acids is 1. The van der Waals surface area contributed by atoms with Crippen molar-refractivity contribution < 1.29 is 13.6 Å². The Kier molecular flexibility index (Phi) is 4.83. The van der Waals surface area contributed by atoms with Crippen LogP contribution >= 0.6 is 0 Å². The summed E-state index contributed by atoms with van der Waals surface area (Å²) in [5.74, 6) is 0.977. The van der Waals surface area contributed by atoms with E-state index in [0.717, 1.165) is 17.0 Å². The zero-order valence-electron chi connectivity index (χ0n) is 14.8. The van der Waals surface area contributed by atoms with E-state index in [1.807, 2.05) is 42.5 Å². The molecule has 1 amide bonds. The fourth-order valence-corrected chi connectivity index (χ4v) is 3.16. The number of fused-ring (bicyclic) bond motifs is 1. The van der Waals surface area contributed by atoms with Crippen LogP contribution in [0.1, 0.15) is 33.3 Å². The lowest BCUT2D eigenvalue weighted by Crippen LogP contribution is -2.33. The Bertz CT molecular complexity index is 936. The molecule has 4 nitrogen and oxygen atoms in total. The molecule has 1 aromatic heterocycles. The Hall–Kier alpha value is -3.21. The minimum atomic E-state index is -0.345. The smallest absolute Gasteiger partial charge is 0.253 e. The largest absolute Gasteiger partial charge is 0.441 e. The molecule has 0 atom stereocenters. The molecule has 0 unspecified atom stereocenters. The first-order chi connectivity index (χ1) is 13.2. The third-order valence-corrected chi connectivity index (χ3v) is 4.62. The second-order valence-electron chi connectivity index (χ2n) is 6.47. The van der Waals surface area contributed by atoms with Gasteiger partial charge in [-0.2, -0.15) is 0 Å². The van der Waals surface area contributed by atoms with Crippen LogP contribution in [0, 0.1) is 5.82 Å². The van der Waals surface area contributed by atoms with E-state index in [1.54, 1.807) is 4.90 Å². The number of hydrogen-bond acceptors (Lipinski definition) is 3. The first-order valence-electron chi connectivity index (χ1n) is 8.95. The van der Waals surface area contributed by atoms with Gasteiger partial charge in [0.25, 0.3) is 5.91 Å². The van der Waals surface area contributed by atoms with Crippen LogP contribution in [0.5, 0.6) is 0 Å². The molecule has 27 heavy (non-hydrogen) atoms. The Labute approximate surface area is 157 Å². The van der Waals surface area contributed by atoms with Gasteiger partial charge in [-0.1, -0.05) is 30.3 Å². The Balaban J connectivity index is 1.44. The molecule has 2 aromatic carbocycles. The third kappa shape index (κ3) is 3.97. The van der Waals surface area contributed by atoms with E-state index in [2.05, 4.69) is 4.98 Å². The topological polar surface area (TPSA) is 46.3 Å². The highest BCUT2D eigenvalue weighted by Gasteiger charge is 2.23. The van der Waals surface area contributed by atoms with Crippen LogP contribution in [0.3, 0.4) is 0 Å². The predicted octanol–water partition coefficient (Wildman–Crippen LogP) is 4.23. The third-order valence-electron chi connectivity index (χ3n) is 4.62. The second kappa shape index (κ2) is 7.58. The molecule has 3 aromatic rings. The van der Waals surface area contributed by atoms with Gasteiger partial charge in [0.15, 0.2) is 0 Å². The molecule has 1 aliphatic rings. The number of oxazole rings is 1. The van der Waals surface area contributed by atoms with Gasteiger partial charge < -0.3 is 9.32 Å². The summed E-state index contributed by atoms with van der Waals surface area (Å²) in [6.07, 6.45) is 5.10. The molecule has 0 N–H and O–H groups in total.